The number of aliphatic carboxylic acids is 1. The average Bonchev–Trinajstić information content (AvgIpc) is 2.43. The predicted octanol–water partition coefficient (Wildman–Crippen LogP) is 5.66. The first-order valence-electron chi connectivity index (χ1n) is 7.97. The third-order valence-electron chi connectivity index (χ3n) is 3.12. The van der Waals surface area contributed by atoms with Crippen molar-refractivity contribution in [1.82, 2.24) is 0 Å². The molecule has 0 fully saturated rings. The summed E-state index contributed by atoms with van der Waals surface area (Å²) in [6.45, 7) is 2.25. The summed E-state index contributed by atoms with van der Waals surface area (Å²) in [5, 5.41) is 8.43. The highest BCUT2D eigenvalue weighted by molar-refractivity contribution is 5.68. The van der Waals surface area contributed by atoms with Crippen molar-refractivity contribution in [1.29, 1.82) is 0 Å². The fourth-order valence-electron chi connectivity index (χ4n) is 1.95. The van der Waals surface area contributed by atoms with E-state index in [0.717, 1.165) is 6.42 Å². The van der Waals surface area contributed by atoms with E-state index in [4.69, 9.17) is 5.11 Å². The first-order chi connectivity index (χ1) is 9.77. The molecule has 0 aliphatic heterocycles. The number of rotatable bonds is 13. The second-order valence-corrected chi connectivity index (χ2v) is 5.10. The summed E-state index contributed by atoms with van der Waals surface area (Å²) in [5.41, 5.74) is 0. The standard InChI is InChI=1S/C18H30O2/c1-2-3-4-5-6-7-8-9-10-11-12-13-14-15-16-17-18(19)20/h11-16H,2-10,17H2,1H3,(H,19,20)/b12-11-,14-13+,16-15?. The quantitative estimate of drug-likeness (QED) is 0.348. The zero-order valence-electron chi connectivity index (χ0n) is 12.9. The van der Waals surface area contributed by atoms with Gasteiger partial charge >= 0.3 is 5.97 Å². The molecule has 0 aliphatic carbocycles. The fraction of sp³-hybridized carbons (Fsp3) is 0.611. The van der Waals surface area contributed by atoms with Crippen LogP contribution in [0.1, 0.15) is 71.1 Å². The number of unbranched alkanes of at least 4 members (excludes halogenated alkanes) is 8. The molecular formula is C18H30O2. The Hall–Kier alpha value is -1.31. The van der Waals surface area contributed by atoms with Crippen LogP contribution in [0.25, 0.3) is 0 Å². The van der Waals surface area contributed by atoms with Gasteiger partial charge in [-0.3, -0.25) is 4.79 Å². The highest BCUT2D eigenvalue weighted by Gasteiger charge is 1.90. The molecule has 0 heterocycles. The van der Waals surface area contributed by atoms with Crippen molar-refractivity contribution in [3.8, 4) is 0 Å². The lowest BCUT2D eigenvalue weighted by Gasteiger charge is -1.99. The van der Waals surface area contributed by atoms with Crippen molar-refractivity contribution >= 4 is 5.97 Å². The molecular weight excluding hydrogens is 248 g/mol. The molecule has 2 nitrogen and oxygen atoms in total. The summed E-state index contributed by atoms with van der Waals surface area (Å²) in [4.78, 5) is 10.2. The number of hydrogen-bond acceptors (Lipinski definition) is 1. The molecule has 0 spiro atoms. The molecule has 0 radical (unpaired) electrons. The van der Waals surface area contributed by atoms with Crippen LogP contribution in [0.4, 0.5) is 0 Å². The molecule has 0 amide bonds. The number of hydrogen-bond donors (Lipinski definition) is 1. The Kier molecular flexibility index (Phi) is 14.7. The zero-order valence-corrected chi connectivity index (χ0v) is 12.9. The minimum atomic E-state index is -0.792. The molecule has 2 heteroatoms. The van der Waals surface area contributed by atoms with Crippen molar-refractivity contribution in [2.24, 2.45) is 0 Å². The van der Waals surface area contributed by atoms with E-state index in [1.54, 1.807) is 12.2 Å². The molecule has 0 bridgehead atoms. The Morgan fingerprint density at radius 2 is 1.35 bits per heavy atom. The summed E-state index contributed by atoms with van der Waals surface area (Å²) in [7, 11) is 0. The fourth-order valence-corrected chi connectivity index (χ4v) is 1.95. The van der Waals surface area contributed by atoms with Gasteiger partial charge in [-0.15, -0.1) is 0 Å². The van der Waals surface area contributed by atoms with Crippen LogP contribution in [0.15, 0.2) is 36.5 Å². The molecule has 0 saturated heterocycles. The third kappa shape index (κ3) is 16.7. The Morgan fingerprint density at radius 3 is 1.95 bits per heavy atom. The smallest absolute Gasteiger partial charge is 0.307 e. The minimum Gasteiger partial charge on any atom is -0.481 e. The highest BCUT2D eigenvalue weighted by Crippen LogP contribution is 2.09. The molecule has 0 aromatic heterocycles. The molecule has 0 rings (SSSR count). The Bertz CT molecular complexity index is 301. The van der Waals surface area contributed by atoms with Crippen LogP contribution in [0, 0.1) is 0 Å². The second kappa shape index (κ2) is 15.7. The maximum atomic E-state index is 10.2. The normalized spacial score (nSPS) is 12.1. The second-order valence-electron chi connectivity index (χ2n) is 5.10. The molecule has 0 aliphatic rings. The van der Waals surface area contributed by atoms with Gasteiger partial charge in [-0.25, -0.2) is 0 Å². The molecule has 0 saturated carbocycles. The monoisotopic (exact) mass is 278 g/mol. The van der Waals surface area contributed by atoms with Gasteiger partial charge in [0.1, 0.15) is 0 Å². The van der Waals surface area contributed by atoms with Crippen molar-refractivity contribution in [2.75, 3.05) is 0 Å². The number of carboxylic acid groups (broad SMARTS) is 1. The van der Waals surface area contributed by atoms with E-state index in [1.807, 2.05) is 18.2 Å². The van der Waals surface area contributed by atoms with Crippen LogP contribution in [0.2, 0.25) is 0 Å². The Morgan fingerprint density at radius 1 is 0.800 bits per heavy atom. The van der Waals surface area contributed by atoms with Gasteiger partial charge in [0.25, 0.3) is 0 Å². The molecule has 20 heavy (non-hydrogen) atoms. The largest absolute Gasteiger partial charge is 0.481 e. The molecule has 0 atom stereocenters. The van der Waals surface area contributed by atoms with Gasteiger partial charge in [-0.1, -0.05) is 88.3 Å². The topological polar surface area (TPSA) is 37.3 Å². The van der Waals surface area contributed by atoms with Crippen LogP contribution < -0.4 is 0 Å². The van der Waals surface area contributed by atoms with Gasteiger partial charge < -0.3 is 5.11 Å². The summed E-state index contributed by atoms with van der Waals surface area (Å²) < 4.78 is 0. The maximum absolute atomic E-state index is 10.2. The summed E-state index contributed by atoms with van der Waals surface area (Å²) in [6.07, 6.45) is 23.5. The molecule has 0 aromatic rings. The van der Waals surface area contributed by atoms with Gasteiger partial charge in [0.15, 0.2) is 0 Å². The Balaban J connectivity index is 3.29. The van der Waals surface area contributed by atoms with Crippen molar-refractivity contribution in [2.45, 2.75) is 71.1 Å². The minimum absolute atomic E-state index is 0.0896. The molecule has 0 unspecified atom stereocenters. The SMILES string of the molecule is CCCCCCCCCC/C=C\C=C\C=CCC(=O)O. The lowest BCUT2D eigenvalue weighted by atomic mass is 10.1. The average molecular weight is 278 g/mol. The van der Waals surface area contributed by atoms with Gasteiger partial charge in [-0.05, 0) is 12.8 Å². The van der Waals surface area contributed by atoms with Gasteiger partial charge in [0.2, 0.25) is 0 Å². The lowest BCUT2D eigenvalue weighted by Crippen LogP contribution is -1.89. The third-order valence-corrected chi connectivity index (χ3v) is 3.12. The summed E-state index contributed by atoms with van der Waals surface area (Å²) in [5.74, 6) is -0.792. The van der Waals surface area contributed by atoms with Crippen LogP contribution in [-0.2, 0) is 4.79 Å². The van der Waals surface area contributed by atoms with E-state index in [2.05, 4.69) is 13.0 Å². The van der Waals surface area contributed by atoms with Gasteiger partial charge in [0, 0.05) is 0 Å². The zero-order chi connectivity index (χ0) is 14.9. The summed E-state index contributed by atoms with van der Waals surface area (Å²) in [6, 6.07) is 0. The van der Waals surface area contributed by atoms with Crippen LogP contribution in [0.5, 0.6) is 0 Å². The van der Waals surface area contributed by atoms with E-state index in [1.165, 1.54) is 51.4 Å². The first kappa shape index (κ1) is 18.7. The van der Waals surface area contributed by atoms with Crippen LogP contribution >= 0.6 is 0 Å². The van der Waals surface area contributed by atoms with E-state index in [-0.39, 0.29) is 6.42 Å². The molecule has 114 valence electrons. The van der Waals surface area contributed by atoms with E-state index < -0.39 is 5.97 Å². The number of allylic oxidation sites excluding steroid dienone is 5. The van der Waals surface area contributed by atoms with Crippen molar-refractivity contribution < 1.29 is 9.90 Å². The Labute approximate surface area is 124 Å². The number of carboxylic acids is 1. The van der Waals surface area contributed by atoms with Crippen LogP contribution in [-0.4, -0.2) is 11.1 Å². The van der Waals surface area contributed by atoms with Crippen molar-refractivity contribution in [3.05, 3.63) is 36.5 Å². The maximum Gasteiger partial charge on any atom is 0.307 e. The van der Waals surface area contributed by atoms with E-state index >= 15 is 0 Å². The summed E-state index contributed by atoms with van der Waals surface area (Å²) >= 11 is 0. The van der Waals surface area contributed by atoms with Crippen LogP contribution in [0.3, 0.4) is 0 Å². The lowest BCUT2D eigenvalue weighted by molar-refractivity contribution is -0.136. The van der Waals surface area contributed by atoms with Gasteiger partial charge in [-0.2, -0.15) is 0 Å². The first-order valence-corrected chi connectivity index (χ1v) is 7.97. The number of carbonyl (C=O) groups is 1. The van der Waals surface area contributed by atoms with E-state index in [0.29, 0.717) is 0 Å². The predicted molar refractivity (Wildman–Crippen MR) is 86.9 cm³/mol. The van der Waals surface area contributed by atoms with E-state index in [9.17, 15) is 4.79 Å². The van der Waals surface area contributed by atoms with Gasteiger partial charge in [0.05, 0.1) is 6.42 Å². The van der Waals surface area contributed by atoms with Crippen molar-refractivity contribution in [3.63, 3.8) is 0 Å². The highest BCUT2D eigenvalue weighted by atomic mass is 16.4. The molecule has 1 N–H and O–H groups in total. The molecule has 0 aromatic carbocycles.